The fourth-order valence-electron chi connectivity index (χ4n) is 1.72. The molecule has 15 heavy (non-hydrogen) atoms. The molecule has 0 aromatic carbocycles. The van der Waals surface area contributed by atoms with Crippen LogP contribution in [0.5, 0.6) is 0 Å². The van der Waals surface area contributed by atoms with Crippen LogP contribution in [0.3, 0.4) is 0 Å². The molecule has 0 aromatic rings. The highest BCUT2D eigenvalue weighted by Gasteiger charge is 2.22. The van der Waals surface area contributed by atoms with E-state index in [1.165, 1.54) is 0 Å². The van der Waals surface area contributed by atoms with Crippen molar-refractivity contribution < 1.29 is 9.47 Å². The number of rotatable bonds is 9. The maximum absolute atomic E-state index is 5.54. The molecule has 0 amide bonds. The zero-order valence-electron chi connectivity index (χ0n) is 10.00. The fraction of sp³-hybridized carbons (Fsp3) is 1.00. The third-order valence-corrected chi connectivity index (χ3v) is 2.84. The minimum atomic E-state index is 0.734. The number of nitrogens with zero attached hydrogens (tertiary/aromatic N) is 1. The molecule has 1 aliphatic heterocycles. The predicted octanol–water partition coefficient (Wildman–Crippen LogP) is 0.333. The maximum Gasteiger partial charge on any atom is 0.0593 e. The standard InChI is InChI=1S/C11H24N2O2/c1-3-13(11-9-12-10-11)5-8-15-7-4-6-14-2/h11-12H,3-10H2,1-2H3. The Morgan fingerprint density at radius 2 is 2.07 bits per heavy atom. The van der Waals surface area contributed by atoms with Gasteiger partial charge in [0.25, 0.3) is 0 Å². The topological polar surface area (TPSA) is 33.7 Å². The van der Waals surface area contributed by atoms with Crippen molar-refractivity contribution in [1.29, 1.82) is 0 Å². The molecule has 4 heteroatoms. The summed E-state index contributed by atoms with van der Waals surface area (Å²) >= 11 is 0. The van der Waals surface area contributed by atoms with Gasteiger partial charge in [0.1, 0.15) is 0 Å². The molecule has 1 N–H and O–H groups in total. The minimum absolute atomic E-state index is 0.734. The van der Waals surface area contributed by atoms with Crippen molar-refractivity contribution in [2.24, 2.45) is 0 Å². The van der Waals surface area contributed by atoms with E-state index in [2.05, 4.69) is 17.1 Å². The summed E-state index contributed by atoms with van der Waals surface area (Å²) in [6.07, 6.45) is 0.994. The van der Waals surface area contributed by atoms with Gasteiger partial charge in [-0.3, -0.25) is 4.90 Å². The molecule has 0 spiro atoms. The van der Waals surface area contributed by atoms with Crippen LogP contribution < -0.4 is 5.32 Å². The first-order valence-corrected chi connectivity index (χ1v) is 5.90. The van der Waals surface area contributed by atoms with Gasteiger partial charge < -0.3 is 14.8 Å². The number of hydrogen-bond acceptors (Lipinski definition) is 4. The molecule has 0 bridgehead atoms. The van der Waals surface area contributed by atoms with Crippen LogP contribution in [-0.4, -0.2) is 64.1 Å². The lowest BCUT2D eigenvalue weighted by Crippen LogP contribution is -2.57. The summed E-state index contributed by atoms with van der Waals surface area (Å²) < 4.78 is 10.5. The van der Waals surface area contributed by atoms with Crippen LogP contribution in [0.2, 0.25) is 0 Å². The Hall–Kier alpha value is -0.160. The molecular weight excluding hydrogens is 192 g/mol. The van der Waals surface area contributed by atoms with Crippen LogP contribution in [0.4, 0.5) is 0 Å². The number of hydrogen-bond donors (Lipinski definition) is 1. The SMILES string of the molecule is CCN(CCOCCCOC)C1CNC1. The molecule has 0 radical (unpaired) electrons. The average Bonchev–Trinajstić information content (AvgIpc) is 2.18. The van der Waals surface area contributed by atoms with Gasteiger partial charge in [0.05, 0.1) is 6.61 Å². The molecule has 1 aliphatic rings. The Morgan fingerprint density at radius 3 is 2.60 bits per heavy atom. The van der Waals surface area contributed by atoms with E-state index in [-0.39, 0.29) is 0 Å². The Kier molecular flexibility index (Phi) is 6.92. The van der Waals surface area contributed by atoms with Gasteiger partial charge in [-0.25, -0.2) is 0 Å². The van der Waals surface area contributed by atoms with Crippen molar-refractivity contribution in [1.82, 2.24) is 10.2 Å². The summed E-state index contributed by atoms with van der Waals surface area (Å²) in [5, 5.41) is 3.30. The molecule has 0 atom stereocenters. The van der Waals surface area contributed by atoms with E-state index >= 15 is 0 Å². The predicted molar refractivity (Wildman–Crippen MR) is 61.2 cm³/mol. The molecule has 0 saturated carbocycles. The third-order valence-electron chi connectivity index (χ3n) is 2.84. The van der Waals surface area contributed by atoms with E-state index in [1.807, 2.05) is 0 Å². The second-order valence-electron chi connectivity index (χ2n) is 3.90. The van der Waals surface area contributed by atoms with Crippen molar-refractivity contribution >= 4 is 0 Å². The van der Waals surface area contributed by atoms with Crippen LogP contribution in [0, 0.1) is 0 Å². The van der Waals surface area contributed by atoms with E-state index in [1.54, 1.807) is 7.11 Å². The Bertz CT molecular complexity index is 152. The van der Waals surface area contributed by atoms with E-state index in [9.17, 15) is 0 Å². The van der Waals surface area contributed by atoms with E-state index in [4.69, 9.17) is 9.47 Å². The maximum atomic E-state index is 5.54. The van der Waals surface area contributed by atoms with Crippen LogP contribution in [0.15, 0.2) is 0 Å². The summed E-state index contributed by atoms with van der Waals surface area (Å²) in [6, 6.07) is 0.734. The normalized spacial score (nSPS) is 17.0. The monoisotopic (exact) mass is 216 g/mol. The van der Waals surface area contributed by atoms with Crippen LogP contribution >= 0.6 is 0 Å². The molecule has 90 valence electrons. The Morgan fingerprint density at radius 1 is 1.27 bits per heavy atom. The van der Waals surface area contributed by atoms with Gasteiger partial charge in [-0.15, -0.1) is 0 Å². The van der Waals surface area contributed by atoms with Gasteiger partial charge in [-0.2, -0.15) is 0 Å². The van der Waals surface area contributed by atoms with Gasteiger partial charge in [0, 0.05) is 46.0 Å². The first-order chi connectivity index (χ1) is 7.38. The molecule has 4 nitrogen and oxygen atoms in total. The molecule has 1 saturated heterocycles. The van der Waals surface area contributed by atoms with E-state index in [0.29, 0.717) is 0 Å². The molecule has 0 aromatic heterocycles. The van der Waals surface area contributed by atoms with Crippen molar-refractivity contribution in [3.8, 4) is 0 Å². The molecule has 0 unspecified atom stereocenters. The number of likely N-dealkylation sites (N-methyl/N-ethyl adjacent to an activating group) is 1. The smallest absolute Gasteiger partial charge is 0.0593 e. The van der Waals surface area contributed by atoms with Gasteiger partial charge in [-0.05, 0) is 13.0 Å². The van der Waals surface area contributed by atoms with E-state index < -0.39 is 0 Å². The summed E-state index contributed by atoms with van der Waals surface area (Å²) in [6.45, 7) is 9.11. The molecular formula is C11H24N2O2. The zero-order valence-corrected chi connectivity index (χ0v) is 10.00. The highest BCUT2D eigenvalue weighted by atomic mass is 16.5. The molecule has 0 aliphatic carbocycles. The van der Waals surface area contributed by atoms with Crippen LogP contribution in [0.1, 0.15) is 13.3 Å². The summed E-state index contributed by atoms with van der Waals surface area (Å²) in [7, 11) is 1.72. The fourth-order valence-corrected chi connectivity index (χ4v) is 1.72. The first kappa shape index (κ1) is 12.9. The first-order valence-electron chi connectivity index (χ1n) is 5.90. The van der Waals surface area contributed by atoms with Crippen molar-refractivity contribution in [2.45, 2.75) is 19.4 Å². The second kappa shape index (κ2) is 8.05. The second-order valence-corrected chi connectivity index (χ2v) is 3.90. The van der Waals surface area contributed by atoms with Gasteiger partial charge >= 0.3 is 0 Å². The lowest BCUT2D eigenvalue weighted by molar-refractivity contribution is 0.0640. The van der Waals surface area contributed by atoms with Crippen LogP contribution in [0.25, 0.3) is 0 Å². The minimum Gasteiger partial charge on any atom is -0.385 e. The van der Waals surface area contributed by atoms with Gasteiger partial charge in [-0.1, -0.05) is 6.92 Å². The summed E-state index contributed by atoms with van der Waals surface area (Å²) in [5.41, 5.74) is 0. The Balaban J connectivity index is 1.92. The lowest BCUT2D eigenvalue weighted by Gasteiger charge is -2.37. The zero-order chi connectivity index (χ0) is 10.9. The highest BCUT2D eigenvalue weighted by molar-refractivity contribution is 4.83. The summed E-state index contributed by atoms with van der Waals surface area (Å²) in [5.74, 6) is 0. The average molecular weight is 216 g/mol. The third kappa shape index (κ3) is 4.93. The summed E-state index contributed by atoms with van der Waals surface area (Å²) in [4.78, 5) is 2.48. The van der Waals surface area contributed by atoms with Gasteiger partial charge in [0.2, 0.25) is 0 Å². The molecule has 1 heterocycles. The Labute approximate surface area is 92.9 Å². The number of nitrogens with one attached hydrogen (secondary N) is 1. The van der Waals surface area contributed by atoms with Crippen molar-refractivity contribution in [3.63, 3.8) is 0 Å². The molecule has 1 fully saturated rings. The van der Waals surface area contributed by atoms with Gasteiger partial charge in [0.15, 0.2) is 0 Å². The number of methoxy groups -OCH3 is 1. The van der Waals surface area contributed by atoms with Crippen molar-refractivity contribution in [3.05, 3.63) is 0 Å². The van der Waals surface area contributed by atoms with Crippen LogP contribution in [-0.2, 0) is 9.47 Å². The van der Waals surface area contributed by atoms with Crippen molar-refractivity contribution in [2.75, 3.05) is 53.1 Å². The number of ether oxygens (including phenoxy) is 2. The molecule has 1 rings (SSSR count). The lowest BCUT2D eigenvalue weighted by atomic mass is 10.1. The quantitative estimate of drug-likeness (QED) is 0.563. The van der Waals surface area contributed by atoms with E-state index in [0.717, 1.165) is 58.5 Å². The highest BCUT2D eigenvalue weighted by Crippen LogP contribution is 2.03. The largest absolute Gasteiger partial charge is 0.385 e.